The molecule has 4 nitrogen and oxygen atoms in total. The molecule has 1 heterocycles. The fraction of sp³-hybridized carbons (Fsp3) is 0.846. The first-order valence-corrected chi connectivity index (χ1v) is 6.47. The van der Waals surface area contributed by atoms with E-state index in [-0.39, 0.29) is 17.9 Å². The fourth-order valence-electron chi connectivity index (χ4n) is 2.29. The van der Waals surface area contributed by atoms with Gasteiger partial charge in [0.2, 0.25) is 5.91 Å². The zero-order valence-electron chi connectivity index (χ0n) is 11.0. The maximum Gasteiger partial charge on any atom is 0.227 e. The van der Waals surface area contributed by atoms with Crippen LogP contribution in [-0.2, 0) is 9.53 Å². The summed E-state index contributed by atoms with van der Waals surface area (Å²) >= 11 is 0. The molecule has 0 saturated carbocycles. The van der Waals surface area contributed by atoms with E-state index < -0.39 is 5.54 Å². The summed E-state index contributed by atoms with van der Waals surface area (Å²) in [6.07, 6.45) is 2.89. The number of ether oxygens (including phenoxy) is 1. The summed E-state index contributed by atoms with van der Waals surface area (Å²) < 4.78 is 5.51. The van der Waals surface area contributed by atoms with Crippen LogP contribution in [-0.4, -0.2) is 24.2 Å². The average Bonchev–Trinajstić information content (AvgIpc) is 2.84. The lowest BCUT2D eigenvalue weighted by Gasteiger charge is -2.27. The highest BCUT2D eigenvalue weighted by Crippen LogP contribution is 2.25. The van der Waals surface area contributed by atoms with Crippen LogP contribution in [0, 0.1) is 17.2 Å². The van der Waals surface area contributed by atoms with Crippen molar-refractivity contribution in [3.05, 3.63) is 0 Å². The Morgan fingerprint density at radius 2 is 2.12 bits per heavy atom. The van der Waals surface area contributed by atoms with Crippen molar-refractivity contribution in [2.24, 2.45) is 5.92 Å². The molecule has 2 unspecified atom stereocenters. The van der Waals surface area contributed by atoms with Crippen molar-refractivity contribution in [2.75, 3.05) is 6.61 Å². The lowest BCUT2D eigenvalue weighted by Crippen LogP contribution is -2.49. The molecule has 1 rings (SSSR count). The highest BCUT2D eigenvalue weighted by molar-refractivity contribution is 5.80. The quantitative estimate of drug-likeness (QED) is 0.796. The van der Waals surface area contributed by atoms with E-state index in [1.165, 1.54) is 0 Å². The molecule has 0 aromatic heterocycles. The summed E-state index contributed by atoms with van der Waals surface area (Å²) in [7, 11) is 0. The fourth-order valence-corrected chi connectivity index (χ4v) is 2.29. The van der Waals surface area contributed by atoms with Gasteiger partial charge in [0.1, 0.15) is 5.54 Å². The summed E-state index contributed by atoms with van der Waals surface area (Å²) in [5.41, 5.74) is -0.710. The van der Waals surface area contributed by atoms with E-state index in [2.05, 4.69) is 11.4 Å². The van der Waals surface area contributed by atoms with Gasteiger partial charge in [0.25, 0.3) is 0 Å². The molecule has 0 spiro atoms. The molecule has 0 aromatic carbocycles. The van der Waals surface area contributed by atoms with E-state index in [4.69, 9.17) is 4.74 Å². The van der Waals surface area contributed by atoms with Gasteiger partial charge in [-0.3, -0.25) is 4.79 Å². The molecular formula is C13H22N2O2. The molecule has 1 aliphatic rings. The van der Waals surface area contributed by atoms with Gasteiger partial charge in [0.05, 0.1) is 18.1 Å². The lowest BCUT2D eigenvalue weighted by atomic mass is 9.91. The average molecular weight is 238 g/mol. The third kappa shape index (κ3) is 2.98. The van der Waals surface area contributed by atoms with Crippen molar-refractivity contribution >= 4 is 5.91 Å². The number of carbonyl (C=O) groups is 1. The number of nitrogens with zero attached hydrogens (tertiary/aromatic N) is 1. The molecule has 2 atom stereocenters. The molecule has 0 aliphatic carbocycles. The predicted molar refractivity (Wildman–Crippen MR) is 65.2 cm³/mol. The number of hydrogen-bond donors (Lipinski definition) is 1. The van der Waals surface area contributed by atoms with Crippen molar-refractivity contribution in [3.63, 3.8) is 0 Å². The largest absolute Gasteiger partial charge is 0.377 e. The van der Waals surface area contributed by atoms with E-state index in [0.29, 0.717) is 19.4 Å². The maximum atomic E-state index is 12.2. The van der Waals surface area contributed by atoms with Crippen molar-refractivity contribution in [1.29, 1.82) is 5.26 Å². The smallest absolute Gasteiger partial charge is 0.227 e. The Bertz CT molecular complexity index is 305. The molecule has 1 fully saturated rings. The van der Waals surface area contributed by atoms with E-state index in [1.807, 2.05) is 20.8 Å². The number of amides is 1. The van der Waals surface area contributed by atoms with E-state index in [0.717, 1.165) is 12.8 Å². The molecule has 1 saturated heterocycles. The second-order valence-electron chi connectivity index (χ2n) is 4.60. The summed E-state index contributed by atoms with van der Waals surface area (Å²) in [5.74, 6) is -0.120. The van der Waals surface area contributed by atoms with Gasteiger partial charge in [-0.25, -0.2) is 0 Å². The third-order valence-electron chi connectivity index (χ3n) is 3.73. The topological polar surface area (TPSA) is 62.1 Å². The third-order valence-corrected chi connectivity index (χ3v) is 3.73. The summed E-state index contributed by atoms with van der Waals surface area (Å²) in [6, 6.07) is 2.23. The Kier molecular flexibility index (Phi) is 4.95. The Hall–Kier alpha value is -1.08. The van der Waals surface area contributed by atoms with Gasteiger partial charge >= 0.3 is 0 Å². The van der Waals surface area contributed by atoms with Crippen LogP contribution < -0.4 is 5.32 Å². The number of carbonyl (C=O) groups excluding carboxylic acids is 1. The zero-order chi connectivity index (χ0) is 12.9. The minimum atomic E-state index is -0.710. The molecule has 96 valence electrons. The summed E-state index contributed by atoms with van der Waals surface area (Å²) in [4.78, 5) is 12.2. The van der Waals surface area contributed by atoms with Crippen LogP contribution in [0.15, 0.2) is 0 Å². The Morgan fingerprint density at radius 3 is 2.59 bits per heavy atom. The first kappa shape index (κ1) is 14.0. The monoisotopic (exact) mass is 238 g/mol. The van der Waals surface area contributed by atoms with Crippen molar-refractivity contribution < 1.29 is 9.53 Å². The number of rotatable bonds is 5. The molecule has 17 heavy (non-hydrogen) atoms. The summed E-state index contributed by atoms with van der Waals surface area (Å²) in [5, 5.41) is 12.1. The predicted octanol–water partition coefficient (Wildman–Crippen LogP) is 2.00. The normalized spacial score (nSPS) is 24.4. The number of nitriles is 1. The van der Waals surface area contributed by atoms with Gasteiger partial charge in [-0.2, -0.15) is 5.26 Å². The van der Waals surface area contributed by atoms with Crippen LogP contribution in [0.3, 0.4) is 0 Å². The SMILES string of the molecule is CCC1OCCC1C(=O)NC(C#N)(CC)CC. The van der Waals surface area contributed by atoms with E-state index >= 15 is 0 Å². The van der Waals surface area contributed by atoms with Crippen LogP contribution in [0.4, 0.5) is 0 Å². The lowest BCUT2D eigenvalue weighted by molar-refractivity contribution is -0.128. The molecule has 1 aliphatic heterocycles. The highest BCUT2D eigenvalue weighted by atomic mass is 16.5. The van der Waals surface area contributed by atoms with Crippen molar-refractivity contribution in [1.82, 2.24) is 5.32 Å². The van der Waals surface area contributed by atoms with E-state index in [1.54, 1.807) is 0 Å². The number of nitrogens with one attached hydrogen (secondary N) is 1. The van der Waals surface area contributed by atoms with Gasteiger partial charge < -0.3 is 10.1 Å². The molecule has 0 radical (unpaired) electrons. The number of hydrogen-bond acceptors (Lipinski definition) is 3. The molecule has 0 bridgehead atoms. The summed E-state index contributed by atoms with van der Waals surface area (Å²) in [6.45, 7) is 6.52. The maximum absolute atomic E-state index is 12.2. The molecule has 0 aromatic rings. The van der Waals surface area contributed by atoms with Gasteiger partial charge in [0.15, 0.2) is 0 Å². The van der Waals surface area contributed by atoms with Crippen molar-refractivity contribution in [3.8, 4) is 6.07 Å². The minimum Gasteiger partial charge on any atom is -0.377 e. The Morgan fingerprint density at radius 1 is 1.47 bits per heavy atom. The second kappa shape index (κ2) is 6.02. The first-order valence-electron chi connectivity index (χ1n) is 6.47. The Labute approximate surface area is 103 Å². The van der Waals surface area contributed by atoms with Crippen LogP contribution in [0.2, 0.25) is 0 Å². The highest BCUT2D eigenvalue weighted by Gasteiger charge is 2.37. The van der Waals surface area contributed by atoms with Gasteiger partial charge in [-0.15, -0.1) is 0 Å². The molecule has 1 N–H and O–H groups in total. The van der Waals surface area contributed by atoms with E-state index in [9.17, 15) is 10.1 Å². The van der Waals surface area contributed by atoms with Gasteiger partial charge in [-0.05, 0) is 25.7 Å². The standard InChI is InChI=1S/C13H22N2O2/c1-4-11-10(7-8-17-11)12(16)15-13(5-2,6-3)9-14/h10-11H,4-8H2,1-3H3,(H,15,16). The van der Waals surface area contributed by atoms with Crippen LogP contribution in [0.5, 0.6) is 0 Å². The Balaban J connectivity index is 2.68. The minimum absolute atomic E-state index is 0.0140. The molecule has 1 amide bonds. The van der Waals surface area contributed by atoms with Crippen molar-refractivity contribution in [2.45, 2.75) is 58.1 Å². The molecular weight excluding hydrogens is 216 g/mol. The van der Waals surface area contributed by atoms with Gasteiger partial charge in [-0.1, -0.05) is 20.8 Å². The van der Waals surface area contributed by atoms with Crippen LogP contribution in [0.1, 0.15) is 46.5 Å². The first-order chi connectivity index (χ1) is 8.12. The molecule has 4 heteroatoms. The van der Waals surface area contributed by atoms with Crippen LogP contribution >= 0.6 is 0 Å². The zero-order valence-corrected chi connectivity index (χ0v) is 11.0. The van der Waals surface area contributed by atoms with Gasteiger partial charge in [0, 0.05) is 6.61 Å². The second-order valence-corrected chi connectivity index (χ2v) is 4.60. The van der Waals surface area contributed by atoms with Crippen LogP contribution in [0.25, 0.3) is 0 Å².